The minimum absolute atomic E-state index is 0.228. The van der Waals surface area contributed by atoms with Gasteiger partial charge in [0.05, 0.1) is 12.2 Å². The normalized spacial score (nSPS) is 22.2. The van der Waals surface area contributed by atoms with Gasteiger partial charge in [-0.15, -0.1) is 0 Å². The molecular formula is C18H29NO2. The number of benzene rings is 1. The maximum atomic E-state index is 6.02. The third-order valence-corrected chi connectivity index (χ3v) is 3.91. The van der Waals surface area contributed by atoms with Gasteiger partial charge < -0.3 is 14.8 Å². The van der Waals surface area contributed by atoms with Crippen molar-refractivity contribution in [2.75, 3.05) is 13.2 Å². The predicted octanol–water partition coefficient (Wildman–Crippen LogP) is 3.73. The molecule has 1 aromatic rings. The van der Waals surface area contributed by atoms with Crippen LogP contribution in [0.1, 0.15) is 52.0 Å². The smallest absolute Gasteiger partial charge is 0.119 e. The summed E-state index contributed by atoms with van der Waals surface area (Å²) in [4.78, 5) is 0. The average Bonchev–Trinajstić information content (AvgIpc) is 2.91. The predicted molar refractivity (Wildman–Crippen MR) is 87.1 cm³/mol. The van der Waals surface area contributed by atoms with E-state index in [1.54, 1.807) is 0 Å². The second kappa shape index (κ2) is 7.81. The highest BCUT2D eigenvalue weighted by molar-refractivity contribution is 5.30. The number of hydrogen-bond acceptors (Lipinski definition) is 3. The van der Waals surface area contributed by atoms with Gasteiger partial charge in [0.2, 0.25) is 0 Å². The van der Waals surface area contributed by atoms with Gasteiger partial charge >= 0.3 is 0 Å². The van der Waals surface area contributed by atoms with Gasteiger partial charge in [0.25, 0.3) is 0 Å². The Morgan fingerprint density at radius 3 is 2.67 bits per heavy atom. The molecule has 1 saturated heterocycles. The lowest BCUT2D eigenvalue weighted by molar-refractivity contribution is 0.0178. The summed E-state index contributed by atoms with van der Waals surface area (Å²) >= 11 is 0. The second-order valence-electron chi connectivity index (χ2n) is 6.56. The molecule has 118 valence electrons. The standard InChI is InChI=1S/C18H29NO2/c1-13(2)15-6-5-7-16(10-15)20-12-18-9-8-17(21-18)11-19-14(3)4/h5-7,10,13-14,17-19H,8-9,11-12H2,1-4H3. The lowest BCUT2D eigenvalue weighted by Gasteiger charge is -2.17. The van der Waals surface area contributed by atoms with Crippen LogP contribution in [0.3, 0.4) is 0 Å². The maximum Gasteiger partial charge on any atom is 0.119 e. The second-order valence-corrected chi connectivity index (χ2v) is 6.56. The maximum absolute atomic E-state index is 6.02. The van der Waals surface area contributed by atoms with E-state index < -0.39 is 0 Å². The van der Waals surface area contributed by atoms with Crippen molar-refractivity contribution >= 4 is 0 Å². The number of hydrogen-bond donors (Lipinski definition) is 1. The summed E-state index contributed by atoms with van der Waals surface area (Å²) in [5, 5.41) is 3.44. The van der Waals surface area contributed by atoms with Gasteiger partial charge in [0.1, 0.15) is 12.4 Å². The number of ether oxygens (including phenoxy) is 2. The molecule has 2 unspecified atom stereocenters. The van der Waals surface area contributed by atoms with Gasteiger partial charge in [-0.2, -0.15) is 0 Å². The first-order valence-electron chi connectivity index (χ1n) is 8.16. The minimum Gasteiger partial charge on any atom is -0.491 e. The summed E-state index contributed by atoms with van der Waals surface area (Å²) in [6, 6.07) is 8.89. The van der Waals surface area contributed by atoms with Crippen LogP contribution in [-0.4, -0.2) is 31.4 Å². The Balaban J connectivity index is 1.75. The van der Waals surface area contributed by atoms with Gasteiger partial charge in [-0.25, -0.2) is 0 Å². The van der Waals surface area contributed by atoms with Crippen molar-refractivity contribution in [1.82, 2.24) is 5.32 Å². The summed E-state index contributed by atoms with van der Waals surface area (Å²) in [5.74, 6) is 1.48. The molecule has 1 aliphatic rings. The Kier molecular flexibility index (Phi) is 6.07. The Bertz CT molecular complexity index is 431. The van der Waals surface area contributed by atoms with E-state index in [2.05, 4.69) is 51.2 Å². The highest BCUT2D eigenvalue weighted by Crippen LogP contribution is 2.23. The molecule has 0 saturated carbocycles. The van der Waals surface area contributed by atoms with Crippen molar-refractivity contribution in [2.45, 2.75) is 64.7 Å². The summed E-state index contributed by atoms with van der Waals surface area (Å²) in [6.07, 6.45) is 2.78. The summed E-state index contributed by atoms with van der Waals surface area (Å²) in [6.45, 7) is 10.3. The minimum atomic E-state index is 0.228. The lowest BCUT2D eigenvalue weighted by atomic mass is 10.0. The van der Waals surface area contributed by atoms with Crippen LogP contribution < -0.4 is 10.1 Å². The fourth-order valence-electron chi connectivity index (χ4n) is 2.57. The van der Waals surface area contributed by atoms with Crippen molar-refractivity contribution in [3.63, 3.8) is 0 Å². The zero-order valence-electron chi connectivity index (χ0n) is 13.8. The van der Waals surface area contributed by atoms with Crippen LogP contribution in [0.2, 0.25) is 0 Å². The molecule has 1 N–H and O–H groups in total. The Morgan fingerprint density at radius 2 is 1.95 bits per heavy atom. The van der Waals surface area contributed by atoms with E-state index in [0.717, 1.165) is 25.1 Å². The van der Waals surface area contributed by atoms with Crippen molar-refractivity contribution in [2.24, 2.45) is 0 Å². The molecule has 1 heterocycles. The zero-order valence-corrected chi connectivity index (χ0v) is 13.8. The molecule has 0 aliphatic carbocycles. The number of rotatable bonds is 7. The highest BCUT2D eigenvalue weighted by atomic mass is 16.5. The van der Waals surface area contributed by atoms with E-state index >= 15 is 0 Å². The molecular weight excluding hydrogens is 262 g/mol. The third kappa shape index (κ3) is 5.33. The van der Waals surface area contributed by atoms with Gasteiger partial charge in [-0.05, 0) is 36.5 Å². The first kappa shape index (κ1) is 16.3. The Labute approximate surface area is 129 Å². The first-order valence-corrected chi connectivity index (χ1v) is 8.16. The monoisotopic (exact) mass is 291 g/mol. The molecule has 3 nitrogen and oxygen atoms in total. The molecule has 1 aliphatic heterocycles. The van der Waals surface area contributed by atoms with E-state index in [1.165, 1.54) is 5.56 Å². The largest absolute Gasteiger partial charge is 0.491 e. The molecule has 0 radical (unpaired) electrons. The van der Waals surface area contributed by atoms with Crippen LogP contribution in [-0.2, 0) is 4.74 Å². The van der Waals surface area contributed by atoms with E-state index in [-0.39, 0.29) is 6.10 Å². The van der Waals surface area contributed by atoms with E-state index in [4.69, 9.17) is 9.47 Å². The molecule has 3 heteroatoms. The zero-order chi connectivity index (χ0) is 15.2. The van der Waals surface area contributed by atoms with E-state index in [9.17, 15) is 0 Å². The summed E-state index contributed by atoms with van der Waals surface area (Å²) in [7, 11) is 0. The van der Waals surface area contributed by atoms with Gasteiger partial charge in [0.15, 0.2) is 0 Å². The average molecular weight is 291 g/mol. The number of nitrogens with one attached hydrogen (secondary N) is 1. The van der Waals surface area contributed by atoms with Crippen LogP contribution in [0.15, 0.2) is 24.3 Å². The van der Waals surface area contributed by atoms with E-state index in [1.807, 2.05) is 6.07 Å². The SMILES string of the molecule is CC(C)NCC1CCC(COc2cccc(C(C)C)c2)O1. The third-order valence-electron chi connectivity index (χ3n) is 3.91. The topological polar surface area (TPSA) is 30.5 Å². The summed E-state index contributed by atoms with van der Waals surface area (Å²) in [5.41, 5.74) is 1.32. The van der Waals surface area contributed by atoms with Gasteiger partial charge in [-0.3, -0.25) is 0 Å². The van der Waals surface area contributed by atoms with Crippen LogP contribution in [0, 0.1) is 0 Å². The van der Waals surface area contributed by atoms with Gasteiger partial charge in [0, 0.05) is 12.6 Å². The van der Waals surface area contributed by atoms with Crippen molar-refractivity contribution < 1.29 is 9.47 Å². The molecule has 0 bridgehead atoms. The van der Waals surface area contributed by atoms with Crippen LogP contribution in [0.25, 0.3) is 0 Å². The van der Waals surface area contributed by atoms with Crippen molar-refractivity contribution in [1.29, 1.82) is 0 Å². The molecule has 0 aromatic heterocycles. The fourth-order valence-corrected chi connectivity index (χ4v) is 2.57. The quantitative estimate of drug-likeness (QED) is 0.830. The van der Waals surface area contributed by atoms with E-state index in [0.29, 0.717) is 24.7 Å². The summed E-state index contributed by atoms with van der Waals surface area (Å²) < 4.78 is 11.9. The lowest BCUT2D eigenvalue weighted by Crippen LogP contribution is -2.32. The van der Waals surface area contributed by atoms with Crippen LogP contribution in [0.4, 0.5) is 0 Å². The van der Waals surface area contributed by atoms with Crippen LogP contribution in [0.5, 0.6) is 5.75 Å². The van der Waals surface area contributed by atoms with Crippen molar-refractivity contribution in [3.8, 4) is 5.75 Å². The highest BCUT2D eigenvalue weighted by Gasteiger charge is 2.25. The first-order chi connectivity index (χ1) is 10.0. The molecule has 1 aromatic carbocycles. The Morgan fingerprint density at radius 1 is 1.19 bits per heavy atom. The molecule has 2 rings (SSSR count). The fraction of sp³-hybridized carbons (Fsp3) is 0.667. The molecule has 0 spiro atoms. The molecule has 1 fully saturated rings. The molecule has 0 amide bonds. The molecule has 21 heavy (non-hydrogen) atoms. The van der Waals surface area contributed by atoms with Crippen molar-refractivity contribution in [3.05, 3.63) is 29.8 Å². The molecule has 2 atom stereocenters. The van der Waals surface area contributed by atoms with Gasteiger partial charge in [-0.1, -0.05) is 39.8 Å². The Hall–Kier alpha value is -1.06. The van der Waals surface area contributed by atoms with Crippen LogP contribution >= 0.6 is 0 Å².